The maximum absolute atomic E-state index is 12.4. The Balaban J connectivity index is 3.20. The van der Waals surface area contributed by atoms with Gasteiger partial charge >= 0.3 is 0 Å². The van der Waals surface area contributed by atoms with Crippen LogP contribution in [0, 0.1) is 6.92 Å². The van der Waals surface area contributed by atoms with Crippen LogP contribution in [0.3, 0.4) is 0 Å². The molecule has 0 fully saturated rings. The third-order valence-corrected chi connectivity index (χ3v) is 2.86. The average molecular weight is 315 g/mol. The van der Waals surface area contributed by atoms with E-state index in [0.717, 1.165) is 5.69 Å². The van der Waals surface area contributed by atoms with Gasteiger partial charge in [-0.15, -0.1) is 0 Å². The molecule has 0 N–H and O–H groups in total. The first-order valence-electron chi connectivity index (χ1n) is 3.56. The van der Waals surface area contributed by atoms with E-state index >= 15 is 0 Å². The van der Waals surface area contributed by atoms with Gasteiger partial charge in [-0.1, -0.05) is 15.9 Å². The average Bonchev–Trinajstić information content (AvgIpc) is 2.07. The molecule has 0 amide bonds. The van der Waals surface area contributed by atoms with Crippen molar-refractivity contribution in [3.05, 3.63) is 27.5 Å². The minimum atomic E-state index is -2.46. The summed E-state index contributed by atoms with van der Waals surface area (Å²) >= 11 is 6.41. The van der Waals surface area contributed by atoms with Crippen LogP contribution in [0.15, 0.2) is 10.5 Å². The van der Waals surface area contributed by atoms with Gasteiger partial charge in [-0.25, -0.2) is 8.78 Å². The van der Waals surface area contributed by atoms with Crippen LogP contribution in [0.5, 0.6) is 0 Å². The lowest BCUT2D eigenvalue weighted by Crippen LogP contribution is -1.97. The zero-order chi connectivity index (χ0) is 10.0. The number of hydrogen-bond acceptors (Lipinski definition) is 1. The summed E-state index contributed by atoms with van der Waals surface area (Å²) in [5.74, 6) is 0. The van der Waals surface area contributed by atoms with E-state index < -0.39 is 6.43 Å². The molecule has 1 heterocycles. The lowest BCUT2D eigenvalue weighted by molar-refractivity contribution is 0.150. The van der Waals surface area contributed by atoms with Crippen LogP contribution in [0.2, 0.25) is 0 Å². The molecule has 0 aromatic carbocycles. The summed E-state index contributed by atoms with van der Waals surface area (Å²) < 4.78 is 25.4. The molecule has 0 radical (unpaired) electrons. The van der Waals surface area contributed by atoms with Crippen LogP contribution in [-0.2, 0) is 5.33 Å². The second-order valence-electron chi connectivity index (χ2n) is 2.53. The molecule has 0 saturated heterocycles. The second-order valence-corrected chi connectivity index (χ2v) is 3.94. The van der Waals surface area contributed by atoms with E-state index in [9.17, 15) is 8.78 Å². The molecular weight excluding hydrogens is 308 g/mol. The van der Waals surface area contributed by atoms with Crippen molar-refractivity contribution in [3.63, 3.8) is 0 Å². The Morgan fingerprint density at radius 3 is 2.62 bits per heavy atom. The molecule has 0 aliphatic rings. The van der Waals surface area contributed by atoms with Gasteiger partial charge in [-0.05, 0) is 28.9 Å². The maximum atomic E-state index is 12.4. The van der Waals surface area contributed by atoms with Gasteiger partial charge in [0.25, 0.3) is 6.43 Å². The number of aromatic nitrogens is 1. The number of nitrogens with zero attached hydrogens (tertiary/aromatic N) is 1. The zero-order valence-electron chi connectivity index (χ0n) is 6.82. The first-order valence-corrected chi connectivity index (χ1v) is 5.47. The van der Waals surface area contributed by atoms with Crippen molar-refractivity contribution in [3.8, 4) is 0 Å². The van der Waals surface area contributed by atoms with Crippen molar-refractivity contribution in [1.82, 2.24) is 4.98 Å². The first kappa shape index (κ1) is 11.0. The van der Waals surface area contributed by atoms with Crippen molar-refractivity contribution in [2.24, 2.45) is 0 Å². The summed E-state index contributed by atoms with van der Waals surface area (Å²) in [7, 11) is 0. The van der Waals surface area contributed by atoms with Crippen molar-refractivity contribution in [2.75, 3.05) is 0 Å². The summed E-state index contributed by atoms with van der Waals surface area (Å²) in [5, 5.41) is 0.554. The highest BCUT2D eigenvalue weighted by Crippen LogP contribution is 2.27. The quantitative estimate of drug-likeness (QED) is 0.752. The molecule has 0 aliphatic heterocycles. The Kier molecular flexibility index (Phi) is 3.79. The van der Waals surface area contributed by atoms with Crippen LogP contribution < -0.4 is 0 Å². The molecule has 0 unspecified atom stereocenters. The van der Waals surface area contributed by atoms with Crippen molar-refractivity contribution in [2.45, 2.75) is 18.7 Å². The van der Waals surface area contributed by atoms with Gasteiger partial charge in [0.05, 0.1) is 5.69 Å². The van der Waals surface area contributed by atoms with E-state index in [1.165, 1.54) is 6.07 Å². The minimum absolute atomic E-state index is 0.0171. The predicted octanol–water partition coefficient (Wildman–Crippen LogP) is 3.99. The van der Waals surface area contributed by atoms with Gasteiger partial charge in [0.15, 0.2) is 0 Å². The minimum Gasteiger partial charge on any atom is -0.256 e. The van der Waals surface area contributed by atoms with Crippen LogP contribution in [-0.4, -0.2) is 4.98 Å². The van der Waals surface area contributed by atoms with Gasteiger partial charge in [0, 0.05) is 21.1 Å². The largest absolute Gasteiger partial charge is 0.265 e. The normalized spacial score (nSPS) is 10.9. The number of pyridine rings is 1. The van der Waals surface area contributed by atoms with Crippen LogP contribution in [0.25, 0.3) is 0 Å². The van der Waals surface area contributed by atoms with Crippen molar-refractivity contribution >= 4 is 31.9 Å². The number of rotatable bonds is 2. The Bertz CT molecular complexity index is 315. The Morgan fingerprint density at radius 1 is 1.54 bits per heavy atom. The van der Waals surface area contributed by atoms with E-state index in [1.807, 2.05) is 0 Å². The lowest BCUT2D eigenvalue weighted by atomic mass is 10.2. The van der Waals surface area contributed by atoms with Crippen molar-refractivity contribution < 1.29 is 8.78 Å². The Morgan fingerprint density at radius 2 is 2.15 bits per heavy atom. The molecule has 0 atom stereocenters. The van der Waals surface area contributed by atoms with Gasteiger partial charge in [0.1, 0.15) is 0 Å². The summed E-state index contributed by atoms with van der Waals surface area (Å²) in [4.78, 5) is 4.04. The molecule has 0 spiro atoms. The molecule has 1 nitrogen and oxygen atoms in total. The second kappa shape index (κ2) is 4.46. The highest BCUT2D eigenvalue weighted by atomic mass is 79.9. The van der Waals surface area contributed by atoms with Gasteiger partial charge in [0.2, 0.25) is 0 Å². The molecule has 0 bridgehead atoms. The summed E-state index contributed by atoms with van der Waals surface area (Å²) in [6, 6.07) is 1.42. The van der Waals surface area contributed by atoms with Crippen LogP contribution in [0.1, 0.15) is 23.4 Å². The molecular formula is C8H7Br2F2N. The zero-order valence-corrected chi connectivity index (χ0v) is 9.99. The van der Waals surface area contributed by atoms with E-state index in [2.05, 4.69) is 36.8 Å². The Hall–Kier alpha value is -0.0300. The predicted molar refractivity (Wildman–Crippen MR) is 54.3 cm³/mol. The van der Waals surface area contributed by atoms with Gasteiger partial charge in [-0.3, -0.25) is 4.98 Å². The molecule has 1 aromatic heterocycles. The molecule has 1 aromatic rings. The highest BCUT2D eigenvalue weighted by molar-refractivity contribution is 9.10. The number of halogens is 4. The summed E-state index contributed by atoms with van der Waals surface area (Å²) in [6.07, 6.45) is -2.46. The fraction of sp³-hybridized carbons (Fsp3) is 0.375. The molecule has 72 valence electrons. The van der Waals surface area contributed by atoms with Crippen LogP contribution in [0.4, 0.5) is 8.78 Å². The monoisotopic (exact) mass is 313 g/mol. The van der Waals surface area contributed by atoms with E-state index in [0.29, 0.717) is 15.5 Å². The van der Waals surface area contributed by atoms with Crippen LogP contribution >= 0.6 is 31.9 Å². The molecule has 0 saturated carbocycles. The van der Waals surface area contributed by atoms with Gasteiger partial charge < -0.3 is 0 Å². The third kappa shape index (κ3) is 2.47. The third-order valence-electron chi connectivity index (χ3n) is 1.64. The highest BCUT2D eigenvalue weighted by Gasteiger charge is 2.14. The molecule has 13 heavy (non-hydrogen) atoms. The molecule has 0 aliphatic carbocycles. The standard InChI is InChI=1S/C8H7Br2F2N/c1-4-5(8(11)12)2-6(10)7(3-9)13-4/h2,8H,3H2,1H3. The fourth-order valence-corrected chi connectivity index (χ4v) is 2.24. The smallest absolute Gasteiger partial charge is 0.256 e. The topological polar surface area (TPSA) is 12.9 Å². The van der Waals surface area contributed by atoms with E-state index in [1.54, 1.807) is 6.92 Å². The first-order chi connectivity index (χ1) is 6.06. The molecule has 1 rings (SSSR count). The number of alkyl halides is 3. The Labute approximate surface area is 91.8 Å². The van der Waals surface area contributed by atoms with Gasteiger partial charge in [-0.2, -0.15) is 0 Å². The lowest BCUT2D eigenvalue weighted by Gasteiger charge is -2.07. The van der Waals surface area contributed by atoms with Crippen molar-refractivity contribution in [1.29, 1.82) is 0 Å². The summed E-state index contributed by atoms with van der Waals surface area (Å²) in [5.41, 5.74) is 1.10. The number of aryl methyl sites for hydroxylation is 1. The maximum Gasteiger partial charge on any atom is 0.265 e. The molecule has 5 heteroatoms. The summed E-state index contributed by atoms with van der Waals surface area (Å²) in [6.45, 7) is 1.58. The van der Waals surface area contributed by atoms with E-state index in [4.69, 9.17) is 0 Å². The number of hydrogen-bond donors (Lipinski definition) is 0. The SMILES string of the molecule is Cc1nc(CBr)c(Br)cc1C(F)F. The fourth-order valence-electron chi connectivity index (χ4n) is 0.959. The van der Waals surface area contributed by atoms with E-state index in [-0.39, 0.29) is 5.56 Å².